The van der Waals surface area contributed by atoms with Crippen molar-refractivity contribution in [3.63, 3.8) is 0 Å². The summed E-state index contributed by atoms with van der Waals surface area (Å²) in [6.07, 6.45) is 4.27. The molecule has 3 aromatic heterocycles. The third kappa shape index (κ3) is 5.45. The van der Waals surface area contributed by atoms with Crippen LogP contribution in [0.5, 0.6) is 5.88 Å². The third-order valence-corrected chi connectivity index (χ3v) is 7.38. The summed E-state index contributed by atoms with van der Waals surface area (Å²) >= 11 is 0. The zero-order valence-electron chi connectivity index (χ0n) is 21.7. The molecule has 2 fully saturated rings. The topological polar surface area (TPSA) is 122 Å². The second-order valence-corrected chi connectivity index (χ2v) is 10.2. The van der Waals surface area contributed by atoms with E-state index in [0.29, 0.717) is 17.0 Å². The first kappa shape index (κ1) is 26.6. The van der Waals surface area contributed by atoms with E-state index in [1.807, 2.05) is 0 Å². The van der Waals surface area contributed by atoms with Gasteiger partial charge in [-0.1, -0.05) is 0 Å². The van der Waals surface area contributed by atoms with Crippen molar-refractivity contribution in [2.45, 2.75) is 51.5 Å². The highest BCUT2D eigenvalue weighted by Crippen LogP contribution is 2.51. The van der Waals surface area contributed by atoms with Gasteiger partial charge in [-0.3, -0.25) is 14.7 Å². The Labute approximate surface area is 223 Å². The van der Waals surface area contributed by atoms with Crippen molar-refractivity contribution >= 4 is 17.6 Å². The molecule has 2 saturated carbocycles. The standard InChI is InChI=1S/C27H29F3N6O3/c1-13-21(14(2)36-35-13)18-9-10-19(32-24(18)28)33-25(37)23(22(15-4-5-15)16-6-7-16)34-26(38)27(29,30)17-8-11-20(39-3)31-12-17/h8-12,15-16,22-23H,4-7H2,1-3H3,(H,34,38)(H,35,36)(H,32,33,37)/t23-/m0/s1. The molecule has 3 N–H and O–H groups in total. The predicted octanol–water partition coefficient (Wildman–Crippen LogP) is 4.28. The second kappa shape index (κ2) is 10.3. The van der Waals surface area contributed by atoms with E-state index in [4.69, 9.17) is 4.74 Å². The molecule has 0 aromatic carbocycles. The van der Waals surface area contributed by atoms with E-state index in [2.05, 4.69) is 30.8 Å². The second-order valence-electron chi connectivity index (χ2n) is 10.2. The molecule has 2 aliphatic carbocycles. The summed E-state index contributed by atoms with van der Waals surface area (Å²) in [6, 6.07) is 3.95. The number of ether oxygens (including phenoxy) is 1. The summed E-state index contributed by atoms with van der Waals surface area (Å²) < 4.78 is 50.1. The fraction of sp³-hybridized carbons (Fsp3) is 0.444. The molecule has 0 bridgehead atoms. The average molecular weight is 543 g/mol. The smallest absolute Gasteiger partial charge is 0.351 e. The molecule has 12 heteroatoms. The van der Waals surface area contributed by atoms with Gasteiger partial charge in [-0.25, -0.2) is 9.97 Å². The highest BCUT2D eigenvalue weighted by atomic mass is 19.3. The summed E-state index contributed by atoms with van der Waals surface area (Å²) in [5.41, 5.74) is 1.41. The predicted molar refractivity (Wildman–Crippen MR) is 135 cm³/mol. The minimum absolute atomic E-state index is 0.0873. The van der Waals surface area contributed by atoms with Crippen LogP contribution in [-0.2, 0) is 15.5 Å². The first-order chi connectivity index (χ1) is 18.6. The Morgan fingerprint density at radius 3 is 2.31 bits per heavy atom. The highest BCUT2D eigenvalue weighted by Gasteiger charge is 2.51. The largest absolute Gasteiger partial charge is 0.481 e. The number of H-pyrrole nitrogens is 1. The lowest BCUT2D eigenvalue weighted by Gasteiger charge is -2.29. The summed E-state index contributed by atoms with van der Waals surface area (Å²) in [5, 5.41) is 11.7. The number of halogens is 3. The highest BCUT2D eigenvalue weighted by molar-refractivity contribution is 5.98. The molecule has 0 spiro atoms. The number of hydrogen-bond donors (Lipinski definition) is 3. The van der Waals surface area contributed by atoms with Gasteiger partial charge in [0.1, 0.15) is 11.9 Å². The van der Waals surface area contributed by atoms with Crippen molar-refractivity contribution in [2.24, 2.45) is 17.8 Å². The van der Waals surface area contributed by atoms with Crippen LogP contribution in [0.2, 0.25) is 0 Å². The lowest BCUT2D eigenvalue weighted by Crippen LogP contribution is -2.53. The summed E-state index contributed by atoms with van der Waals surface area (Å²) in [4.78, 5) is 34.0. The van der Waals surface area contributed by atoms with Crippen molar-refractivity contribution in [1.29, 1.82) is 0 Å². The lowest BCUT2D eigenvalue weighted by atomic mass is 9.88. The molecule has 3 aromatic rings. The fourth-order valence-electron chi connectivity index (χ4n) is 5.12. The minimum atomic E-state index is -3.94. The molecule has 9 nitrogen and oxygen atoms in total. The maximum Gasteiger partial charge on any atom is 0.351 e. The number of aryl methyl sites for hydroxylation is 2. The van der Waals surface area contributed by atoms with Crippen molar-refractivity contribution in [1.82, 2.24) is 25.5 Å². The lowest BCUT2D eigenvalue weighted by molar-refractivity contribution is -0.149. The Morgan fingerprint density at radius 1 is 1.10 bits per heavy atom. The number of pyridine rings is 2. The van der Waals surface area contributed by atoms with E-state index in [1.165, 1.54) is 25.3 Å². The molecule has 206 valence electrons. The molecule has 39 heavy (non-hydrogen) atoms. The SMILES string of the molecule is COc1ccc(C(F)(F)C(=O)N[C@H](C(=O)Nc2ccc(-c3c(C)n[nH]c3C)c(F)n2)C(C2CC2)C2CC2)cn1. The number of anilines is 1. The van der Waals surface area contributed by atoms with Crippen molar-refractivity contribution < 1.29 is 27.5 Å². The van der Waals surface area contributed by atoms with E-state index >= 15 is 8.78 Å². The molecule has 2 amide bonds. The van der Waals surface area contributed by atoms with Gasteiger partial charge in [0.2, 0.25) is 17.7 Å². The van der Waals surface area contributed by atoms with Gasteiger partial charge in [0.15, 0.2) is 0 Å². The Morgan fingerprint density at radius 2 is 1.79 bits per heavy atom. The van der Waals surface area contributed by atoms with Crippen molar-refractivity contribution in [3.05, 3.63) is 53.4 Å². The molecular weight excluding hydrogens is 513 g/mol. The van der Waals surface area contributed by atoms with E-state index < -0.39 is 35.3 Å². The molecule has 5 rings (SSSR count). The summed E-state index contributed by atoms with van der Waals surface area (Å²) in [6.45, 7) is 3.49. The average Bonchev–Trinajstić information content (AvgIpc) is 3.85. The number of carbonyl (C=O) groups excluding carboxylic acids is 2. The van der Waals surface area contributed by atoms with E-state index in [-0.39, 0.29) is 35.0 Å². The van der Waals surface area contributed by atoms with Gasteiger partial charge in [0.25, 0.3) is 5.91 Å². The number of rotatable bonds is 10. The zero-order valence-corrected chi connectivity index (χ0v) is 21.7. The maximum absolute atomic E-state index is 15.1. The van der Waals surface area contributed by atoms with E-state index in [9.17, 15) is 14.0 Å². The number of hydrogen-bond acceptors (Lipinski definition) is 6. The molecule has 0 aliphatic heterocycles. The van der Waals surface area contributed by atoms with Crippen LogP contribution in [0.3, 0.4) is 0 Å². The van der Waals surface area contributed by atoms with Gasteiger partial charge in [0.05, 0.1) is 12.8 Å². The van der Waals surface area contributed by atoms with Crippen LogP contribution in [0.4, 0.5) is 19.0 Å². The molecule has 0 radical (unpaired) electrons. The van der Waals surface area contributed by atoms with Crippen LogP contribution in [0.25, 0.3) is 11.1 Å². The van der Waals surface area contributed by atoms with Gasteiger partial charge < -0.3 is 15.4 Å². The van der Waals surface area contributed by atoms with Crippen LogP contribution < -0.4 is 15.4 Å². The number of carbonyl (C=O) groups is 2. The van der Waals surface area contributed by atoms with Crippen LogP contribution >= 0.6 is 0 Å². The number of amides is 2. The molecular formula is C27H29F3N6O3. The molecule has 3 heterocycles. The van der Waals surface area contributed by atoms with Gasteiger partial charge in [0, 0.05) is 34.6 Å². The van der Waals surface area contributed by atoms with E-state index in [1.54, 1.807) is 13.8 Å². The Kier molecular flexibility index (Phi) is 7.04. The van der Waals surface area contributed by atoms with Crippen molar-refractivity contribution in [3.8, 4) is 17.0 Å². The number of aromatic amines is 1. The summed E-state index contributed by atoms with van der Waals surface area (Å²) in [7, 11) is 1.35. The van der Waals surface area contributed by atoms with Crippen LogP contribution in [0, 0.1) is 37.5 Å². The zero-order chi connectivity index (χ0) is 27.9. The third-order valence-electron chi connectivity index (χ3n) is 7.38. The molecule has 0 unspecified atom stereocenters. The Hall–Kier alpha value is -3.96. The maximum atomic E-state index is 15.1. The monoisotopic (exact) mass is 542 g/mol. The first-order valence-electron chi connectivity index (χ1n) is 12.8. The normalized spacial score (nSPS) is 16.2. The van der Waals surface area contributed by atoms with Crippen molar-refractivity contribution in [2.75, 3.05) is 12.4 Å². The fourth-order valence-corrected chi connectivity index (χ4v) is 5.12. The van der Waals surface area contributed by atoms with Crippen LogP contribution in [0.1, 0.15) is 42.6 Å². The number of alkyl halides is 2. The quantitative estimate of drug-likeness (QED) is 0.329. The van der Waals surface area contributed by atoms with Gasteiger partial charge >= 0.3 is 5.92 Å². The minimum Gasteiger partial charge on any atom is -0.481 e. The molecule has 1 atom stereocenters. The van der Waals surface area contributed by atoms with Crippen LogP contribution in [0.15, 0.2) is 30.5 Å². The first-order valence-corrected chi connectivity index (χ1v) is 12.8. The summed E-state index contributed by atoms with van der Waals surface area (Å²) in [5.74, 6) is -7.07. The number of nitrogens with one attached hydrogen (secondary N) is 3. The van der Waals surface area contributed by atoms with Gasteiger partial charge in [-0.15, -0.1) is 0 Å². The molecule has 2 aliphatic rings. The molecule has 0 saturated heterocycles. The Bertz CT molecular complexity index is 1350. The van der Waals surface area contributed by atoms with Gasteiger partial charge in [-0.05, 0) is 75.5 Å². The number of aromatic nitrogens is 4. The number of nitrogens with zero attached hydrogens (tertiary/aromatic N) is 3. The Balaban J connectivity index is 1.38. The number of methoxy groups -OCH3 is 1. The van der Waals surface area contributed by atoms with Gasteiger partial charge in [-0.2, -0.15) is 18.3 Å². The van der Waals surface area contributed by atoms with Crippen LogP contribution in [-0.4, -0.2) is 45.1 Å². The van der Waals surface area contributed by atoms with E-state index in [0.717, 1.165) is 37.9 Å².